The lowest BCUT2D eigenvalue weighted by Gasteiger charge is -2.36. The topological polar surface area (TPSA) is 47.9 Å². The standard InChI is InChI=1S/C14H16FNO3/c1-18-13-3-2-11(8-12(13)15)14(9-16-10-17)4-6-19-7-5-14/h2-3,8H,4-7,9H2,1H3. The number of methoxy groups -OCH3 is 1. The average molecular weight is 265 g/mol. The van der Waals surface area contributed by atoms with E-state index in [-0.39, 0.29) is 11.2 Å². The highest BCUT2D eigenvalue weighted by atomic mass is 19.1. The van der Waals surface area contributed by atoms with E-state index in [4.69, 9.17) is 9.47 Å². The quantitative estimate of drug-likeness (QED) is 0.619. The zero-order chi connectivity index (χ0) is 13.7. The molecule has 19 heavy (non-hydrogen) atoms. The summed E-state index contributed by atoms with van der Waals surface area (Å²) < 4.78 is 24.1. The summed E-state index contributed by atoms with van der Waals surface area (Å²) in [6.45, 7) is 1.48. The number of hydrogen-bond donors (Lipinski definition) is 0. The molecule has 0 atom stereocenters. The predicted molar refractivity (Wildman–Crippen MR) is 67.7 cm³/mol. The molecule has 1 heterocycles. The predicted octanol–water partition coefficient (Wildman–Crippen LogP) is 2.22. The van der Waals surface area contributed by atoms with Crippen LogP contribution in [0.2, 0.25) is 0 Å². The van der Waals surface area contributed by atoms with Gasteiger partial charge in [0.05, 0.1) is 13.7 Å². The van der Waals surface area contributed by atoms with Gasteiger partial charge in [0, 0.05) is 18.6 Å². The molecular weight excluding hydrogens is 249 g/mol. The molecule has 1 aliphatic rings. The molecule has 1 saturated heterocycles. The van der Waals surface area contributed by atoms with Gasteiger partial charge in [-0.15, -0.1) is 0 Å². The van der Waals surface area contributed by atoms with Crippen LogP contribution < -0.4 is 4.74 Å². The third-order valence-electron chi connectivity index (χ3n) is 3.66. The number of ether oxygens (including phenoxy) is 2. The number of nitrogens with zero attached hydrogens (tertiary/aromatic N) is 1. The van der Waals surface area contributed by atoms with Crippen LogP contribution in [0.4, 0.5) is 4.39 Å². The Bertz CT molecular complexity index is 491. The van der Waals surface area contributed by atoms with Gasteiger partial charge in [0.15, 0.2) is 11.6 Å². The van der Waals surface area contributed by atoms with Crippen LogP contribution in [0.3, 0.4) is 0 Å². The van der Waals surface area contributed by atoms with E-state index in [9.17, 15) is 9.18 Å². The summed E-state index contributed by atoms with van der Waals surface area (Å²) in [5, 5.41) is 0. The van der Waals surface area contributed by atoms with Gasteiger partial charge >= 0.3 is 0 Å². The van der Waals surface area contributed by atoms with Crippen LogP contribution in [0.15, 0.2) is 23.2 Å². The molecule has 1 aliphatic heterocycles. The number of benzene rings is 1. The minimum atomic E-state index is -0.402. The van der Waals surface area contributed by atoms with Crippen LogP contribution in [0.1, 0.15) is 18.4 Å². The fourth-order valence-electron chi connectivity index (χ4n) is 2.48. The lowest BCUT2D eigenvalue weighted by atomic mass is 9.74. The summed E-state index contributed by atoms with van der Waals surface area (Å²) in [5.74, 6) is -0.189. The molecule has 102 valence electrons. The number of aliphatic imine (C=N–C) groups is 1. The van der Waals surface area contributed by atoms with Crippen molar-refractivity contribution in [2.24, 2.45) is 4.99 Å². The molecule has 0 bridgehead atoms. The highest BCUT2D eigenvalue weighted by Crippen LogP contribution is 2.36. The summed E-state index contributed by atoms with van der Waals surface area (Å²) in [5.41, 5.74) is 0.482. The van der Waals surface area contributed by atoms with Gasteiger partial charge in [0.25, 0.3) is 0 Å². The monoisotopic (exact) mass is 265 g/mol. The second-order valence-electron chi connectivity index (χ2n) is 4.65. The van der Waals surface area contributed by atoms with Gasteiger partial charge in [-0.2, -0.15) is 0 Å². The zero-order valence-corrected chi connectivity index (χ0v) is 10.8. The minimum Gasteiger partial charge on any atom is -0.494 e. The Morgan fingerprint density at radius 1 is 1.47 bits per heavy atom. The van der Waals surface area contributed by atoms with Gasteiger partial charge in [-0.05, 0) is 30.5 Å². The molecule has 5 heteroatoms. The van der Waals surface area contributed by atoms with Crippen molar-refractivity contribution in [1.29, 1.82) is 0 Å². The second kappa shape index (κ2) is 5.95. The van der Waals surface area contributed by atoms with E-state index in [1.165, 1.54) is 13.2 Å². The van der Waals surface area contributed by atoms with Crippen molar-refractivity contribution in [2.75, 3.05) is 26.9 Å². The lowest BCUT2D eigenvalue weighted by Crippen LogP contribution is -2.36. The maximum absolute atomic E-state index is 13.8. The first-order chi connectivity index (χ1) is 9.22. The van der Waals surface area contributed by atoms with Crippen molar-refractivity contribution < 1.29 is 18.7 Å². The van der Waals surface area contributed by atoms with Crippen LogP contribution in [-0.2, 0) is 14.9 Å². The van der Waals surface area contributed by atoms with Crippen LogP contribution in [-0.4, -0.2) is 32.9 Å². The third-order valence-corrected chi connectivity index (χ3v) is 3.66. The van der Waals surface area contributed by atoms with E-state index in [1.807, 2.05) is 6.07 Å². The summed E-state index contributed by atoms with van der Waals surface area (Å²) in [4.78, 5) is 14.1. The Labute approximate surface area is 111 Å². The fraction of sp³-hybridized carbons (Fsp3) is 0.500. The summed E-state index contributed by atoms with van der Waals surface area (Å²) >= 11 is 0. The number of hydrogen-bond acceptors (Lipinski definition) is 4. The highest BCUT2D eigenvalue weighted by Gasteiger charge is 2.35. The molecule has 1 aromatic rings. The maximum atomic E-state index is 13.8. The van der Waals surface area contributed by atoms with E-state index < -0.39 is 5.82 Å². The van der Waals surface area contributed by atoms with E-state index in [2.05, 4.69) is 4.99 Å². The van der Waals surface area contributed by atoms with Crippen molar-refractivity contribution in [3.63, 3.8) is 0 Å². The lowest BCUT2D eigenvalue weighted by molar-refractivity contribution is 0.0530. The zero-order valence-electron chi connectivity index (χ0n) is 10.8. The second-order valence-corrected chi connectivity index (χ2v) is 4.65. The first-order valence-corrected chi connectivity index (χ1v) is 6.17. The highest BCUT2D eigenvalue weighted by molar-refractivity contribution is 5.37. The SMILES string of the molecule is COc1ccc(C2(CN=C=O)CCOCC2)cc1F. The first-order valence-electron chi connectivity index (χ1n) is 6.17. The molecule has 0 spiro atoms. The smallest absolute Gasteiger partial charge is 0.234 e. The van der Waals surface area contributed by atoms with Gasteiger partial charge < -0.3 is 9.47 Å². The molecule has 0 radical (unpaired) electrons. The van der Waals surface area contributed by atoms with Gasteiger partial charge in [0.2, 0.25) is 6.08 Å². The van der Waals surface area contributed by atoms with Crippen LogP contribution in [0.5, 0.6) is 5.75 Å². The molecule has 0 saturated carbocycles. The molecule has 1 aromatic carbocycles. The average Bonchev–Trinajstić information content (AvgIpc) is 2.46. The first kappa shape index (κ1) is 13.7. The fourth-order valence-corrected chi connectivity index (χ4v) is 2.48. The van der Waals surface area contributed by atoms with E-state index in [0.29, 0.717) is 32.6 Å². The van der Waals surface area contributed by atoms with E-state index in [1.54, 1.807) is 12.1 Å². The molecular formula is C14H16FNO3. The molecule has 4 nitrogen and oxygen atoms in total. The van der Waals surface area contributed by atoms with Crippen LogP contribution in [0.25, 0.3) is 0 Å². The van der Waals surface area contributed by atoms with Gasteiger partial charge in [-0.25, -0.2) is 14.2 Å². The van der Waals surface area contributed by atoms with Gasteiger partial charge in [-0.3, -0.25) is 0 Å². The molecule has 0 aliphatic carbocycles. The van der Waals surface area contributed by atoms with Crippen molar-refractivity contribution >= 4 is 6.08 Å². The Morgan fingerprint density at radius 2 is 2.21 bits per heavy atom. The largest absolute Gasteiger partial charge is 0.494 e. The summed E-state index contributed by atoms with van der Waals surface area (Å²) in [6.07, 6.45) is 2.99. The van der Waals surface area contributed by atoms with Crippen molar-refractivity contribution in [3.05, 3.63) is 29.6 Å². The van der Waals surface area contributed by atoms with Gasteiger partial charge in [0.1, 0.15) is 0 Å². The van der Waals surface area contributed by atoms with Crippen LogP contribution >= 0.6 is 0 Å². The molecule has 0 amide bonds. The number of isocyanates is 1. The molecule has 0 N–H and O–H groups in total. The summed E-state index contributed by atoms with van der Waals surface area (Å²) in [6, 6.07) is 4.89. The van der Waals surface area contributed by atoms with Crippen molar-refractivity contribution in [1.82, 2.24) is 0 Å². The summed E-state index contributed by atoms with van der Waals surface area (Å²) in [7, 11) is 1.43. The van der Waals surface area contributed by atoms with Crippen LogP contribution in [0, 0.1) is 5.82 Å². The Balaban J connectivity index is 2.37. The molecule has 0 unspecified atom stereocenters. The number of rotatable bonds is 4. The number of halogens is 1. The normalized spacial score (nSPS) is 17.6. The number of carbonyl (C=O) groups excluding carboxylic acids is 1. The molecule has 2 rings (SSSR count). The molecule has 1 fully saturated rings. The van der Waals surface area contributed by atoms with Crippen molar-refractivity contribution in [2.45, 2.75) is 18.3 Å². The van der Waals surface area contributed by atoms with Crippen molar-refractivity contribution in [3.8, 4) is 5.75 Å². The third kappa shape index (κ3) is 2.83. The van der Waals surface area contributed by atoms with E-state index in [0.717, 1.165) is 5.56 Å². The Morgan fingerprint density at radius 3 is 2.79 bits per heavy atom. The van der Waals surface area contributed by atoms with E-state index >= 15 is 0 Å². The Hall–Kier alpha value is -1.71. The molecule has 0 aromatic heterocycles. The maximum Gasteiger partial charge on any atom is 0.234 e. The minimum absolute atomic E-state index is 0.213. The Kier molecular flexibility index (Phi) is 4.30. The van der Waals surface area contributed by atoms with Gasteiger partial charge in [-0.1, -0.05) is 6.07 Å².